The van der Waals surface area contributed by atoms with Crippen molar-refractivity contribution < 1.29 is 9.53 Å². The number of carbonyl (C=O) groups is 1. The zero-order chi connectivity index (χ0) is 12.2. The number of esters is 1. The largest absolute Gasteiger partial charge is 0.469 e. The SMILES string of the molecule is CCN1CCN(CC(C)(C)C(=O)OC)CC1. The number of ether oxygens (including phenoxy) is 1. The van der Waals surface area contributed by atoms with E-state index in [1.165, 1.54) is 7.11 Å². The predicted octanol–water partition coefficient (Wildman–Crippen LogP) is 0.823. The van der Waals surface area contributed by atoms with Crippen LogP contribution in [0.25, 0.3) is 0 Å². The maximum atomic E-state index is 11.6. The Kier molecular flexibility index (Phi) is 4.74. The molecular formula is C12H24N2O2. The predicted molar refractivity (Wildman–Crippen MR) is 64.4 cm³/mol. The van der Waals surface area contributed by atoms with E-state index in [0.717, 1.165) is 39.3 Å². The van der Waals surface area contributed by atoms with Crippen molar-refractivity contribution in [3.8, 4) is 0 Å². The fourth-order valence-corrected chi connectivity index (χ4v) is 2.16. The first kappa shape index (κ1) is 13.5. The Hall–Kier alpha value is -0.610. The number of likely N-dealkylation sites (N-methyl/N-ethyl adjacent to an activating group) is 1. The number of methoxy groups -OCH3 is 1. The lowest BCUT2D eigenvalue weighted by molar-refractivity contribution is -0.152. The highest BCUT2D eigenvalue weighted by Crippen LogP contribution is 2.19. The molecule has 4 heteroatoms. The quantitative estimate of drug-likeness (QED) is 0.667. The summed E-state index contributed by atoms with van der Waals surface area (Å²) in [6.45, 7) is 12.3. The van der Waals surface area contributed by atoms with Crippen molar-refractivity contribution in [3.63, 3.8) is 0 Å². The molecule has 1 rings (SSSR count). The summed E-state index contributed by atoms with van der Waals surface area (Å²) in [6, 6.07) is 0. The molecule has 0 aromatic heterocycles. The van der Waals surface area contributed by atoms with Crippen LogP contribution in [0.2, 0.25) is 0 Å². The Balaban J connectivity index is 2.41. The van der Waals surface area contributed by atoms with Gasteiger partial charge in [0, 0.05) is 32.7 Å². The van der Waals surface area contributed by atoms with Gasteiger partial charge in [0.15, 0.2) is 0 Å². The van der Waals surface area contributed by atoms with Crippen LogP contribution < -0.4 is 0 Å². The molecule has 4 nitrogen and oxygen atoms in total. The van der Waals surface area contributed by atoms with Gasteiger partial charge in [-0.15, -0.1) is 0 Å². The van der Waals surface area contributed by atoms with Gasteiger partial charge in [0.25, 0.3) is 0 Å². The minimum atomic E-state index is -0.400. The molecule has 1 aliphatic rings. The average Bonchev–Trinajstić information content (AvgIpc) is 2.28. The molecule has 94 valence electrons. The summed E-state index contributed by atoms with van der Waals surface area (Å²) < 4.78 is 4.82. The summed E-state index contributed by atoms with van der Waals surface area (Å²) >= 11 is 0. The Bertz CT molecular complexity index is 233. The van der Waals surface area contributed by atoms with E-state index in [9.17, 15) is 4.79 Å². The maximum Gasteiger partial charge on any atom is 0.312 e. The van der Waals surface area contributed by atoms with Crippen LogP contribution in [0.5, 0.6) is 0 Å². The van der Waals surface area contributed by atoms with Gasteiger partial charge in [-0.1, -0.05) is 6.92 Å². The van der Waals surface area contributed by atoms with Crippen LogP contribution in [0, 0.1) is 5.41 Å². The second kappa shape index (κ2) is 5.64. The number of rotatable bonds is 4. The van der Waals surface area contributed by atoms with Crippen LogP contribution >= 0.6 is 0 Å². The van der Waals surface area contributed by atoms with Gasteiger partial charge in [-0.05, 0) is 20.4 Å². The first-order valence-corrected chi connectivity index (χ1v) is 6.02. The van der Waals surface area contributed by atoms with Gasteiger partial charge in [-0.25, -0.2) is 0 Å². The smallest absolute Gasteiger partial charge is 0.312 e. The van der Waals surface area contributed by atoms with Gasteiger partial charge in [-0.3, -0.25) is 9.69 Å². The molecule has 0 atom stereocenters. The highest BCUT2D eigenvalue weighted by Gasteiger charge is 2.32. The van der Waals surface area contributed by atoms with E-state index in [0.29, 0.717) is 0 Å². The third kappa shape index (κ3) is 3.46. The van der Waals surface area contributed by atoms with E-state index in [4.69, 9.17) is 4.74 Å². The van der Waals surface area contributed by atoms with Crippen LogP contribution in [0.1, 0.15) is 20.8 Å². The topological polar surface area (TPSA) is 32.8 Å². The minimum Gasteiger partial charge on any atom is -0.469 e. The zero-order valence-electron chi connectivity index (χ0n) is 11.0. The molecule has 1 fully saturated rings. The number of hydrogen-bond donors (Lipinski definition) is 0. The van der Waals surface area contributed by atoms with E-state index in [-0.39, 0.29) is 5.97 Å². The fraction of sp³-hybridized carbons (Fsp3) is 0.917. The van der Waals surface area contributed by atoms with Gasteiger partial charge in [0.05, 0.1) is 12.5 Å². The lowest BCUT2D eigenvalue weighted by atomic mass is 9.92. The normalized spacial score (nSPS) is 19.8. The van der Waals surface area contributed by atoms with Crippen LogP contribution in [-0.4, -0.2) is 62.1 Å². The fourth-order valence-electron chi connectivity index (χ4n) is 2.16. The van der Waals surface area contributed by atoms with Gasteiger partial charge in [-0.2, -0.15) is 0 Å². The molecule has 0 aromatic rings. The zero-order valence-corrected chi connectivity index (χ0v) is 11.0. The molecule has 0 amide bonds. The molecule has 0 N–H and O–H groups in total. The average molecular weight is 228 g/mol. The number of hydrogen-bond acceptors (Lipinski definition) is 4. The van der Waals surface area contributed by atoms with Gasteiger partial charge < -0.3 is 9.64 Å². The molecule has 16 heavy (non-hydrogen) atoms. The highest BCUT2D eigenvalue weighted by atomic mass is 16.5. The molecule has 1 aliphatic heterocycles. The van der Waals surface area contributed by atoms with Crippen LogP contribution in [0.15, 0.2) is 0 Å². The number of piperazine rings is 1. The van der Waals surface area contributed by atoms with E-state index < -0.39 is 5.41 Å². The molecule has 0 aromatic carbocycles. The second-order valence-electron chi connectivity index (χ2n) is 5.09. The summed E-state index contributed by atoms with van der Waals surface area (Å²) in [7, 11) is 1.46. The number of nitrogens with zero attached hydrogens (tertiary/aromatic N) is 2. The van der Waals surface area contributed by atoms with Crippen molar-refractivity contribution in [1.29, 1.82) is 0 Å². The van der Waals surface area contributed by atoms with E-state index in [1.54, 1.807) is 0 Å². The van der Waals surface area contributed by atoms with E-state index in [2.05, 4.69) is 16.7 Å². The number of carbonyl (C=O) groups excluding carboxylic acids is 1. The first-order valence-electron chi connectivity index (χ1n) is 6.02. The first-order chi connectivity index (χ1) is 7.49. The standard InChI is InChI=1S/C12H24N2O2/c1-5-13-6-8-14(9-7-13)10-12(2,3)11(15)16-4/h5-10H2,1-4H3. The molecule has 0 saturated carbocycles. The van der Waals surface area contributed by atoms with Crippen LogP contribution in [0.4, 0.5) is 0 Å². The van der Waals surface area contributed by atoms with Crippen LogP contribution in [-0.2, 0) is 9.53 Å². The lowest BCUT2D eigenvalue weighted by Gasteiger charge is -2.37. The molecule has 0 spiro atoms. The summed E-state index contributed by atoms with van der Waals surface area (Å²) in [4.78, 5) is 16.4. The summed E-state index contributed by atoms with van der Waals surface area (Å²) in [6.07, 6.45) is 0. The third-order valence-electron chi connectivity index (χ3n) is 3.27. The molecular weight excluding hydrogens is 204 g/mol. The summed E-state index contributed by atoms with van der Waals surface area (Å²) in [5, 5.41) is 0. The van der Waals surface area contributed by atoms with Crippen molar-refractivity contribution in [2.75, 3.05) is 46.4 Å². The Labute approximate surface area is 98.5 Å². The van der Waals surface area contributed by atoms with Gasteiger partial charge in [0.1, 0.15) is 0 Å². The Morgan fingerprint density at radius 2 is 1.69 bits per heavy atom. The van der Waals surface area contributed by atoms with Crippen LogP contribution in [0.3, 0.4) is 0 Å². The lowest BCUT2D eigenvalue weighted by Crippen LogP contribution is -2.50. The van der Waals surface area contributed by atoms with Crippen molar-refractivity contribution >= 4 is 5.97 Å². The highest BCUT2D eigenvalue weighted by molar-refractivity contribution is 5.76. The monoisotopic (exact) mass is 228 g/mol. The Morgan fingerprint density at radius 1 is 1.19 bits per heavy atom. The minimum absolute atomic E-state index is 0.120. The van der Waals surface area contributed by atoms with E-state index >= 15 is 0 Å². The maximum absolute atomic E-state index is 11.6. The molecule has 1 heterocycles. The molecule has 0 radical (unpaired) electrons. The molecule has 0 bridgehead atoms. The Morgan fingerprint density at radius 3 is 2.12 bits per heavy atom. The molecule has 1 saturated heterocycles. The van der Waals surface area contributed by atoms with Crippen molar-refractivity contribution in [1.82, 2.24) is 9.80 Å². The third-order valence-corrected chi connectivity index (χ3v) is 3.27. The van der Waals surface area contributed by atoms with E-state index in [1.807, 2.05) is 13.8 Å². The molecule has 0 aliphatic carbocycles. The molecule has 0 unspecified atom stereocenters. The summed E-state index contributed by atoms with van der Waals surface area (Å²) in [5.74, 6) is -0.120. The van der Waals surface area contributed by atoms with Crippen molar-refractivity contribution in [2.45, 2.75) is 20.8 Å². The van der Waals surface area contributed by atoms with Gasteiger partial charge in [0.2, 0.25) is 0 Å². The van der Waals surface area contributed by atoms with Gasteiger partial charge >= 0.3 is 5.97 Å². The summed E-state index contributed by atoms with van der Waals surface area (Å²) in [5.41, 5.74) is -0.400. The van der Waals surface area contributed by atoms with Crippen molar-refractivity contribution in [2.24, 2.45) is 5.41 Å². The second-order valence-corrected chi connectivity index (χ2v) is 5.09. The van der Waals surface area contributed by atoms with Crippen molar-refractivity contribution in [3.05, 3.63) is 0 Å².